The Hall–Kier alpha value is -1.54. The second kappa shape index (κ2) is 7.15. The summed E-state index contributed by atoms with van der Waals surface area (Å²) in [5, 5.41) is 5.80. The first kappa shape index (κ1) is 18.5. The number of carbonyl (C=O) groups is 1. The van der Waals surface area contributed by atoms with Crippen LogP contribution in [0.2, 0.25) is 0 Å². The van der Waals surface area contributed by atoms with Crippen molar-refractivity contribution in [2.45, 2.75) is 25.6 Å². The van der Waals surface area contributed by atoms with Gasteiger partial charge in [0.2, 0.25) is 0 Å². The standard InChI is InChI=1S/C13H16F3N3O2.ClH/c1-7-4-5-17-6-9(7)18-11(20)8-2-3-10(13(14,15)16)19-12(8)21;/h2-3,7,9,17H,4-6H2,1H3,(H,18,20)(H,19,21);1H. The van der Waals surface area contributed by atoms with E-state index < -0.39 is 23.3 Å². The highest BCUT2D eigenvalue weighted by atomic mass is 35.5. The molecular weight excluding hydrogens is 323 g/mol. The van der Waals surface area contributed by atoms with E-state index in [1.165, 1.54) is 0 Å². The Morgan fingerprint density at radius 1 is 1.36 bits per heavy atom. The lowest BCUT2D eigenvalue weighted by Gasteiger charge is -2.30. The Morgan fingerprint density at radius 2 is 2.05 bits per heavy atom. The Labute approximate surface area is 131 Å². The lowest BCUT2D eigenvalue weighted by molar-refractivity contribution is -0.141. The van der Waals surface area contributed by atoms with Crippen LogP contribution in [0.3, 0.4) is 0 Å². The van der Waals surface area contributed by atoms with Gasteiger partial charge in [-0.3, -0.25) is 9.59 Å². The minimum Gasteiger partial charge on any atom is -0.348 e. The molecule has 0 bridgehead atoms. The van der Waals surface area contributed by atoms with Crippen molar-refractivity contribution in [3.63, 3.8) is 0 Å². The van der Waals surface area contributed by atoms with E-state index in [2.05, 4.69) is 10.6 Å². The maximum atomic E-state index is 12.4. The van der Waals surface area contributed by atoms with Gasteiger partial charge >= 0.3 is 6.18 Å². The molecular formula is C13H17ClF3N3O2. The molecule has 9 heteroatoms. The summed E-state index contributed by atoms with van der Waals surface area (Å²) in [6, 6.07) is 1.45. The molecule has 1 aliphatic heterocycles. The van der Waals surface area contributed by atoms with Crippen LogP contribution in [0.4, 0.5) is 13.2 Å². The zero-order valence-corrected chi connectivity index (χ0v) is 12.6. The van der Waals surface area contributed by atoms with Gasteiger partial charge in [-0.15, -0.1) is 12.4 Å². The highest BCUT2D eigenvalue weighted by molar-refractivity contribution is 5.94. The van der Waals surface area contributed by atoms with Crippen molar-refractivity contribution in [2.24, 2.45) is 5.92 Å². The van der Waals surface area contributed by atoms with Crippen molar-refractivity contribution in [3.05, 3.63) is 33.7 Å². The van der Waals surface area contributed by atoms with E-state index in [0.29, 0.717) is 12.6 Å². The van der Waals surface area contributed by atoms with Gasteiger partial charge < -0.3 is 15.6 Å². The third-order valence-electron chi connectivity index (χ3n) is 3.60. The van der Waals surface area contributed by atoms with Crippen LogP contribution in [0.1, 0.15) is 29.4 Å². The first-order valence-corrected chi connectivity index (χ1v) is 6.61. The van der Waals surface area contributed by atoms with Gasteiger partial charge in [0.05, 0.1) is 0 Å². The second-order valence-electron chi connectivity index (χ2n) is 5.16. The monoisotopic (exact) mass is 339 g/mol. The van der Waals surface area contributed by atoms with E-state index >= 15 is 0 Å². The molecule has 5 nitrogen and oxygen atoms in total. The molecule has 124 valence electrons. The molecule has 1 amide bonds. The summed E-state index contributed by atoms with van der Waals surface area (Å²) >= 11 is 0. The molecule has 0 spiro atoms. The number of hydrogen-bond acceptors (Lipinski definition) is 3. The van der Waals surface area contributed by atoms with Crippen LogP contribution < -0.4 is 16.2 Å². The molecule has 0 aliphatic carbocycles. The summed E-state index contributed by atoms with van der Waals surface area (Å²) in [5.41, 5.74) is -2.53. The van der Waals surface area contributed by atoms with E-state index in [1.54, 1.807) is 4.98 Å². The molecule has 0 radical (unpaired) electrons. The summed E-state index contributed by atoms with van der Waals surface area (Å²) < 4.78 is 37.3. The zero-order chi connectivity index (χ0) is 15.6. The van der Waals surface area contributed by atoms with Gasteiger partial charge in [-0.25, -0.2) is 0 Å². The van der Waals surface area contributed by atoms with Crippen LogP contribution in [0.5, 0.6) is 0 Å². The average molecular weight is 340 g/mol. The minimum absolute atomic E-state index is 0. The number of alkyl halides is 3. The maximum absolute atomic E-state index is 12.4. The zero-order valence-electron chi connectivity index (χ0n) is 11.8. The van der Waals surface area contributed by atoms with Crippen LogP contribution in [0.25, 0.3) is 0 Å². The van der Waals surface area contributed by atoms with Crippen molar-refractivity contribution >= 4 is 18.3 Å². The highest BCUT2D eigenvalue weighted by Crippen LogP contribution is 2.26. The number of halogens is 4. The lowest BCUT2D eigenvalue weighted by atomic mass is 9.94. The van der Waals surface area contributed by atoms with Gasteiger partial charge in [-0.2, -0.15) is 13.2 Å². The van der Waals surface area contributed by atoms with E-state index in [1.807, 2.05) is 6.92 Å². The molecule has 0 aromatic carbocycles. The topological polar surface area (TPSA) is 74.0 Å². The second-order valence-corrected chi connectivity index (χ2v) is 5.16. The Bertz CT molecular complexity index is 589. The van der Waals surface area contributed by atoms with E-state index in [0.717, 1.165) is 19.0 Å². The summed E-state index contributed by atoms with van der Waals surface area (Å²) in [7, 11) is 0. The number of nitrogens with one attached hydrogen (secondary N) is 3. The van der Waals surface area contributed by atoms with Gasteiger partial charge in [0.15, 0.2) is 0 Å². The molecule has 2 heterocycles. The molecule has 22 heavy (non-hydrogen) atoms. The molecule has 1 saturated heterocycles. The van der Waals surface area contributed by atoms with Crippen LogP contribution >= 0.6 is 12.4 Å². The Morgan fingerprint density at radius 3 is 2.59 bits per heavy atom. The molecule has 2 rings (SSSR count). The van der Waals surface area contributed by atoms with Crippen LogP contribution in [-0.4, -0.2) is 30.0 Å². The predicted molar refractivity (Wildman–Crippen MR) is 77.2 cm³/mol. The first-order valence-electron chi connectivity index (χ1n) is 6.61. The molecule has 0 saturated carbocycles. The molecule has 2 unspecified atom stereocenters. The minimum atomic E-state index is -4.64. The third-order valence-corrected chi connectivity index (χ3v) is 3.60. The van der Waals surface area contributed by atoms with Gasteiger partial charge in [-0.05, 0) is 31.0 Å². The summed E-state index contributed by atoms with van der Waals surface area (Å²) in [6.45, 7) is 3.41. The van der Waals surface area contributed by atoms with Crippen molar-refractivity contribution < 1.29 is 18.0 Å². The number of aromatic amines is 1. The first-order chi connectivity index (χ1) is 9.79. The SMILES string of the molecule is CC1CCNCC1NC(=O)c1ccc(C(F)(F)F)[nH]c1=O.Cl. The summed E-state index contributed by atoms with van der Waals surface area (Å²) in [4.78, 5) is 25.3. The molecule has 1 fully saturated rings. The number of rotatable bonds is 2. The van der Waals surface area contributed by atoms with Crippen molar-refractivity contribution in [3.8, 4) is 0 Å². The van der Waals surface area contributed by atoms with Crippen LogP contribution in [0.15, 0.2) is 16.9 Å². The summed E-state index contributed by atoms with van der Waals surface area (Å²) in [5.74, 6) is -0.422. The smallest absolute Gasteiger partial charge is 0.348 e. The normalized spacial score (nSPS) is 21.8. The van der Waals surface area contributed by atoms with Gasteiger partial charge in [0.25, 0.3) is 11.5 Å². The Balaban J connectivity index is 0.00000242. The van der Waals surface area contributed by atoms with E-state index in [9.17, 15) is 22.8 Å². The fourth-order valence-electron chi connectivity index (χ4n) is 2.25. The molecule has 3 N–H and O–H groups in total. The molecule has 1 aliphatic rings. The fraction of sp³-hybridized carbons (Fsp3) is 0.538. The number of piperidine rings is 1. The van der Waals surface area contributed by atoms with E-state index in [-0.39, 0.29) is 29.9 Å². The fourth-order valence-corrected chi connectivity index (χ4v) is 2.25. The average Bonchev–Trinajstić information content (AvgIpc) is 2.40. The number of aromatic nitrogens is 1. The number of carbonyl (C=O) groups excluding carboxylic acids is 1. The van der Waals surface area contributed by atoms with Crippen LogP contribution in [-0.2, 0) is 6.18 Å². The largest absolute Gasteiger partial charge is 0.431 e. The highest BCUT2D eigenvalue weighted by Gasteiger charge is 2.32. The Kier molecular flexibility index (Phi) is 6.01. The number of amides is 1. The van der Waals surface area contributed by atoms with Gasteiger partial charge in [0, 0.05) is 12.6 Å². The van der Waals surface area contributed by atoms with Crippen molar-refractivity contribution in [1.29, 1.82) is 0 Å². The molecule has 1 aromatic heterocycles. The summed E-state index contributed by atoms with van der Waals surface area (Å²) in [6.07, 6.45) is -3.76. The van der Waals surface area contributed by atoms with Gasteiger partial charge in [-0.1, -0.05) is 6.92 Å². The van der Waals surface area contributed by atoms with Crippen molar-refractivity contribution in [1.82, 2.24) is 15.6 Å². The number of hydrogen-bond donors (Lipinski definition) is 3. The molecule has 2 atom stereocenters. The number of pyridine rings is 1. The van der Waals surface area contributed by atoms with Gasteiger partial charge in [0.1, 0.15) is 11.3 Å². The quantitative estimate of drug-likeness (QED) is 0.765. The maximum Gasteiger partial charge on any atom is 0.431 e. The lowest BCUT2D eigenvalue weighted by Crippen LogP contribution is -2.50. The van der Waals surface area contributed by atoms with Crippen molar-refractivity contribution in [2.75, 3.05) is 13.1 Å². The molecule has 1 aromatic rings. The number of H-pyrrole nitrogens is 1. The predicted octanol–water partition coefficient (Wildman–Crippen LogP) is 1.54. The third kappa shape index (κ3) is 4.23. The van der Waals surface area contributed by atoms with Crippen LogP contribution in [0, 0.1) is 5.92 Å². The van der Waals surface area contributed by atoms with E-state index in [4.69, 9.17) is 0 Å².